The van der Waals surface area contributed by atoms with Crippen LogP contribution in [0.2, 0.25) is 0 Å². The number of anilines is 1. The van der Waals surface area contributed by atoms with Gasteiger partial charge in [-0.3, -0.25) is 14.5 Å². The van der Waals surface area contributed by atoms with E-state index in [1.54, 1.807) is 4.90 Å². The number of hydrogen-bond donors (Lipinski definition) is 1. The number of aliphatic carboxylic acids is 1. The Bertz CT molecular complexity index is 504. The topological polar surface area (TPSA) is 60.9 Å². The van der Waals surface area contributed by atoms with Gasteiger partial charge in [0, 0.05) is 18.8 Å². The van der Waals surface area contributed by atoms with Crippen LogP contribution < -0.4 is 4.90 Å². The third-order valence-electron chi connectivity index (χ3n) is 4.12. The van der Waals surface area contributed by atoms with Crippen molar-refractivity contribution in [3.63, 3.8) is 0 Å². The van der Waals surface area contributed by atoms with Gasteiger partial charge in [0.1, 0.15) is 0 Å². The molecule has 0 aromatic heterocycles. The van der Waals surface area contributed by atoms with Gasteiger partial charge in [0.15, 0.2) is 0 Å². The molecule has 1 aromatic carbocycles. The predicted molar refractivity (Wildman–Crippen MR) is 81.2 cm³/mol. The molecule has 1 amide bonds. The van der Waals surface area contributed by atoms with Gasteiger partial charge in [-0.15, -0.1) is 0 Å². The van der Waals surface area contributed by atoms with Crippen molar-refractivity contribution in [3.05, 3.63) is 30.3 Å². The minimum absolute atomic E-state index is 0.0229. The largest absolute Gasteiger partial charge is 0.481 e. The predicted octanol–water partition coefficient (Wildman–Crippen LogP) is 1.83. The molecule has 2 atom stereocenters. The van der Waals surface area contributed by atoms with E-state index in [0.717, 1.165) is 5.69 Å². The van der Waals surface area contributed by atoms with E-state index in [1.165, 1.54) is 0 Å². The molecular weight excluding hydrogens is 268 g/mol. The lowest BCUT2D eigenvalue weighted by Crippen LogP contribution is -2.46. The van der Waals surface area contributed by atoms with Crippen LogP contribution in [-0.2, 0) is 9.59 Å². The number of nitrogens with zero attached hydrogens (tertiary/aromatic N) is 2. The number of likely N-dealkylation sites (N-methyl/N-ethyl adjacent to an activating group) is 1. The second-order valence-corrected chi connectivity index (χ2v) is 5.41. The van der Waals surface area contributed by atoms with Crippen LogP contribution >= 0.6 is 0 Å². The Morgan fingerprint density at radius 3 is 2.57 bits per heavy atom. The summed E-state index contributed by atoms with van der Waals surface area (Å²) < 4.78 is 0. The van der Waals surface area contributed by atoms with Crippen LogP contribution in [0.15, 0.2) is 30.3 Å². The maximum atomic E-state index is 12.7. The minimum atomic E-state index is -0.771. The summed E-state index contributed by atoms with van der Waals surface area (Å²) in [6.07, 6.45) is 0.615. The van der Waals surface area contributed by atoms with E-state index in [-0.39, 0.29) is 17.9 Å². The number of amides is 1. The number of hydrogen-bond acceptors (Lipinski definition) is 3. The highest BCUT2D eigenvalue weighted by Gasteiger charge is 2.34. The lowest BCUT2D eigenvalue weighted by atomic mass is 10.1. The van der Waals surface area contributed by atoms with E-state index in [2.05, 4.69) is 0 Å². The first kappa shape index (κ1) is 15.5. The summed E-state index contributed by atoms with van der Waals surface area (Å²) in [5, 5.41) is 9.06. The molecule has 0 spiro atoms. The molecule has 0 radical (unpaired) electrons. The second-order valence-electron chi connectivity index (χ2n) is 5.41. The summed E-state index contributed by atoms with van der Waals surface area (Å²) in [7, 11) is 0. The normalized spacial score (nSPS) is 20.2. The second kappa shape index (κ2) is 6.72. The molecule has 1 aromatic rings. The highest BCUT2D eigenvalue weighted by atomic mass is 16.4. The van der Waals surface area contributed by atoms with Gasteiger partial charge in [-0.2, -0.15) is 0 Å². The molecule has 1 aliphatic heterocycles. The Morgan fingerprint density at radius 1 is 1.38 bits per heavy atom. The molecule has 114 valence electrons. The first-order valence-corrected chi connectivity index (χ1v) is 7.37. The van der Waals surface area contributed by atoms with E-state index >= 15 is 0 Å². The van der Waals surface area contributed by atoms with Crippen LogP contribution in [0.5, 0.6) is 0 Å². The van der Waals surface area contributed by atoms with Gasteiger partial charge < -0.3 is 10.0 Å². The maximum absolute atomic E-state index is 12.7. The molecule has 0 aliphatic carbocycles. The monoisotopic (exact) mass is 290 g/mol. The van der Waals surface area contributed by atoms with E-state index in [9.17, 15) is 9.59 Å². The van der Waals surface area contributed by atoms with Gasteiger partial charge in [0.05, 0.1) is 12.0 Å². The van der Waals surface area contributed by atoms with Crippen LogP contribution in [-0.4, -0.2) is 47.6 Å². The van der Waals surface area contributed by atoms with Crippen molar-refractivity contribution < 1.29 is 14.7 Å². The van der Waals surface area contributed by atoms with E-state index in [0.29, 0.717) is 26.1 Å². The third-order valence-corrected chi connectivity index (χ3v) is 4.12. The number of carboxylic acid groups (broad SMARTS) is 1. The van der Waals surface area contributed by atoms with Crippen molar-refractivity contribution in [3.8, 4) is 0 Å². The molecule has 2 unspecified atom stereocenters. The lowest BCUT2D eigenvalue weighted by Gasteiger charge is -2.29. The van der Waals surface area contributed by atoms with Crippen molar-refractivity contribution in [2.75, 3.05) is 24.5 Å². The zero-order valence-corrected chi connectivity index (χ0v) is 12.5. The van der Waals surface area contributed by atoms with Gasteiger partial charge in [0.25, 0.3) is 0 Å². The number of likely N-dealkylation sites (tertiary alicyclic amines) is 1. The average molecular weight is 290 g/mol. The van der Waals surface area contributed by atoms with Crippen molar-refractivity contribution in [1.82, 2.24) is 4.90 Å². The fraction of sp³-hybridized carbons (Fsp3) is 0.500. The lowest BCUT2D eigenvalue weighted by molar-refractivity contribution is -0.141. The number of carboxylic acids is 1. The van der Waals surface area contributed by atoms with Gasteiger partial charge in [-0.25, -0.2) is 0 Å². The summed E-state index contributed by atoms with van der Waals surface area (Å²) in [5.74, 6) is -1.10. The van der Waals surface area contributed by atoms with Crippen molar-refractivity contribution in [1.29, 1.82) is 0 Å². The number of carbonyl (C=O) groups excluding carboxylic acids is 1. The summed E-state index contributed by atoms with van der Waals surface area (Å²) >= 11 is 0. The Balaban J connectivity index is 2.06. The van der Waals surface area contributed by atoms with E-state index in [1.807, 2.05) is 49.1 Å². The van der Waals surface area contributed by atoms with Crippen molar-refractivity contribution in [2.24, 2.45) is 5.92 Å². The Morgan fingerprint density at radius 2 is 2.05 bits per heavy atom. The Hall–Kier alpha value is -1.88. The molecule has 1 aliphatic rings. The van der Waals surface area contributed by atoms with Gasteiger partial charge in [-0.1, -0.05) is 18.2 Å². The van der Waals surface area contributed by atoms with Crippen molar-refractivity contribution >= 4 is 17.6 Å². The molecule has 0 bridgehead atoms. The molecule has 5 heteroatoms. The minimum Gasteiger partial charge on any atom is -0.481 e. The third kappa shape index (κ3) is 3.42. The Labute approximate surface area is 125 Å². The number of carbonyl (C=O) groups is 2. The van der Waals surface area contributed by atoms with E-state index in [4.69, 9.17) is 5.11 Å². The molecule has 2 rings (SSSR count). The number of rotatable bonds is 5. The smallest absolute Gasteiger partial charge is 0.307 e. The summed E-state index contributed by atoms with van der Waals surface area (Å²) in [4.78, 5) is 27.4. The van der Waals surface area contributed by atoms with Gasteiger partial charge in [-0.05, 0) is 38.9 Å². The fourth-order valence-electron chi connectivity index (χ4n) is 2.80. The Kier molecular flexibility index (Phi) is 4.96. The molecule has 1 saturated heterocycles. The van der Waals surface area contributed by atoms with Crippen LogP contribution in [0.1, 0.15) is 20.3 Å². The van der Waals surface area contributed by atoms with Crippen molar-refractivity contribution in [2.45, 2.75) is 26.3 Å². The average Bonchev–Trinajstić information content (AvgIpc) is 2.98. The first-order valence-electron chi connectivity index (χ1n) is 7.37. The van der Waals surface area contributed by atoms with Crippen LogP contribution in [0.25, 0.3) is 0 Å². The zero-order chi connectivity index (χ0) is 15.4. The highest BCUT2D eigenvalue weighted by Crippen LogP contribution is 2.21. The standard InChI is InChI=1S/C16H22N2O3/c1-3-18(14-7-5-4-6-8-14)15(19)12(2)17-10-9-13(11-17)16(20)21/h4-8,12-13H,3,9-11H2,1-2H3,(H,20,21). The molecule has 21 heavy (non-hydrogen) atoms. The molecule has 1 heterocycles. The van der Waals surface area contributed by atoms with Crippen LogP contribution in [0.4, 0.5) is 5.69 Å². The highest BCUT2D eigenvalue weighted by molar-refractivity contribution is 5.96. The first-order chi connectivity index (χ1) is 10.0. The van der Waals surface area contributed by atoms with Gasteiger partial charge >= 0.3 is 5.97 Å². The SMILES string of the molecule is CCN(C(=O)C(C)N1CCC(C(=O)O)C1)c1ccccc1. The molecule has 1 fully saturated rings. The quantitative estimate of drug-likeness (QED) is 0.899. The summed E-state index contributed by atoms with van der Waals surface area (Å²) in [5.41, 5.74) is 0.880. The zero-order valence-electron chi connectivity index (χ0n) is 12.5. The summed E-state index contributed by atoms with van der Waals surface area (Å²) in [6, 6.07) is 9.27. The van der Waals surface area contributed by atoms with E-state index < -0.39 is 5.97 Å². The molecular formula is C16H22N2O3. The summed E-state index contributed by atoms with van der Waals surface area (Å²) in [6.45, 7) is 5.52. The molecule has 0 saturated carbocycles. The number of para-hydroxylation sites is 1. The van der Waals surface area contributed by atoms with Crippen LogP contribution in [0.3, 0.4) is 0 Å². The molecule has 5 nitrogen and oxygen atoms in total. The van der Waals surface area contributed by atoms with Crippen LogP contribution in [0, 0.1) is 5.92 Å². The fourth-order valence-corrected chi connectivity index (χ4v) is 2.80. The number of benzene rings is 1. The molecule has 1 N–H and O–H groups in total. The maximum Gasteiger partial charge on any atom is 0.307 e. The van der Waals surface area contributed by atoms with Gasteiger partial charge in [0.2, 0.25) is 5.91 Å².